The van der Waals surface area contributed by atoms with Crippen molar-refractivity contribution in [2.24, 2.45) is 0 Å². The number of nitrogens with one attached hydrogen (secondary N) is 1. The van der Waals surface area contributed by atoms with E-state index in [1.165, 1.54) is 24.8 Å². The van der Waals surface area contributed by atoms with Crippen LogP contribution in [0.25, 0.3) is 6.08 Å². The molecule has 2 N–H and O–H groups in total. The molecule has 2 aromatic rings. The van der Waals surface area contributed by atoms with Crippen molar-refractivity contribution in [2.75, 3.05) is 13.7 Å². The van der Waals surface area contributed by atoms with Crippen LogP contribution in [0.3, 0.4) is 0 Å². The van der Waals surface area contributed by atoms with E-state index in [0.717, 1.165) is 11.1 Å². The Balaban J connectivity index is 1.93. The number of aryl methyl sites for hydroxylation is 1. The molecule has 0 bridgehead atoms. The molecule has 0 radical (unpaired) electrons. The number of methoxy groups -OCH3 is 1. The molecule has 27 heavy (non-hydrogen) atoms. The van der Waals surface area contributed by atoms with Gasteiger partial charge in [-0.1, -0.05) is 48.0 Å². The molecule has 0 heterocycles. The maximum atomic E-state index is 12.1. The molecule has 138 valence electrons. The molecule has 0 aliphatic carbocycles. The number of hydrogen-bond donors (Lipinski definition) is 2. The molecule has 0 saturated carbocycles. The van der Waals surface area contributed by atoms with E-state index in [-0.39, 0.29) is 11.3 Å². The molecular formula is C22H22N2O3. The van der Waals surface area contributed by atoms with Crippen LogP contribution < -0.4 is 10.1 Å². The fraction of sp³-hybridized carbons (Fsp3) is 0.182. The smallest absolute Gasteiger partial charge is 0.261 e. The lowest BCUT2D eigenvalue weighted by molar-refractivity contribution is -0.117. The number of nitrogens with zero attached hydrogens (tertiary/aromatic N) is 1. The lowest BCUT2D eigenvalue weighted by atomic mass is 10.1. The van der Waals surface area contributed by atoms with E-state index in [9.17, 15) is 15.2 Å². The molecule has 0 fully saturated rings. The van der Waals surface area contributed by atoms with Crippen LogP contribution in [0.4, 0.5) is 0 Å². The van der Waals surface area contributed by atoms with Crippen LogP contribution >= 0.6 is 0 Å². The minimum absolute atomic E-state index is 0.0286. The average Bonchev–Trinajstić information content (AvgIpc) is 2.68. The third-order valence-electron chi connectivity index (χ3n) is 3.94. The largest absolute Gasteiger partial charge is 0.504 e. The summed E-state index contributed by atoms with van der Waals surface area (Å²) in [7, 11) is 1.47. The maximum absolute atomic E-state index is 12.1. The summed E-state index contributed by atoms with van der Waals surface area (Å²) in [6.07, 6.45) is 5.50. The highest BCUT2D eigenvalue weighted by Crippen LogP contribution is 2.26. The van der Waals surface area contributed by atoms with Crippen molar-refractivity contribution in [3.8, 4) is 17.6 Å². The fourth-order valence-corrected chi connectivity index (χ4v) is 2.39. The number of aromatic hydroxyl groups is 1. The summed E-state index contributed by atoms with van der Waals surface area (Å²) in [5, 5.41) is 21.5. The second-order valence-electron chi connectivity index (χ2n) is 5.97. The average molecular weight is 362 g/mol. The molecule has 5 heteroatoms. The Hall–Kier alpha value is -3.52. The number of phenolic OH excluding ortho intramolecular Hbond substituents is 1. The summed E-state index contributed by atoms with van der Waals surface area (Å²) in [6.45, 7) is 2.48. The zero-order valence-electron chi connectivity index (χ0n) is 15.4. The number of amides is 1. The third-order valence-corrected chi connectivity index (χ3v) is 3.94. The molecule has 0 saturated heterocycles. The first-order valence-electron chi connectivity index (χ1n) is 8.52. The Labute approximate surface area is 159 Å². The van der Waals surface area contributed by atoms with Gasteiger partial charge in [-0.25, -0.2) is 0 Å². The lowest BCUT2D eigenvalue weighted by Crippen LogP contribution is -2.26. The van der Waals surface area contributed by atoms with Gasteiger partial charge in [-0.2, -0.15) is 5.26 Å². The van der Waals surface area contributed by atoms with Crippen molar-refractivity contribution in [3.05, 3.63) is 76.9 Å². The van der Waals surface area contributed by atoms with Crippen LogP contribution in [-0.2, 0) is 11.2 Å². The number of rotatable bonds is 7. The Morgan fingerprint density at radius 1 is 1.26 bits per heavy atom. The minimum atomic E-state index is -0.405. The number of ether oxygens (including phenoxy) is 1. The Morgan fingerprint density at radius 3 is 2.67 bits per heavy atom. The van der Waals surface area contributed by atoms with Crippen molar-refractivity contribution in [1.82, 2.24) is 5.32 Å². The summed E-state index contributed by atoms with van der Waals surface area (Å²) in [6, 6.07) is 14.9. The molecule has 0 aliphatic rings. The molecule has 0 aromatic heterocycles. The first-order valence-corrected chi connectivity index (χ1v) is 8.52. The van der Waals surface area contributed by atoms with Gasteiger partial charge in [0.15, 0.2) is 11.5 Å². The van der Waals surface area contributed by atoms with Gasteiger partial charge in [-0.3, -0.25) is 4.79 Å². The van der Waals surface area contributed by atoms with E-state index in [0.29, 0.717) is 18.7 Å². The minimum Gasteiger partial charge on any atom is -0.504 e. The Bertz CT molecular complexity index is 891. The quantitative estimate of drug-likeness (QED) is 0.448. The normalized spacial score (nSPS) is 11.2. The van der Waals surface area contributed by atoms with E-state index in [1.54, 1.807) is 24.3 Å². The molecule has 1 amide bonds. The van der Waals surface area contributed by atoms with Gasteiger partial charge in [-0.05, 0) is 42.7 Å². The zero-order chi connectivity index (χ0) is 19.6. The molecule has 0 aliphatic heterocycles. The predicted molar refractivity (Wildman–Crippen MR) is 105 cm³/mol. The van der Waals surface area contributed by atoms with E-state index in [1.807, 2.05) is 37.3 Å². The van der Waals surface area contributed by atoms with Crippen molar-refractivity contribution >= 4 is 12.0 Å². The van der Waals surface area contributed by atoms with Crippen LogP contribution in [0.2, 0.25) is 0 Å². The molecule has 2 aromatic carbocycles. The van der Waals surface area contributed by atoms with Gasteiger partial charge in [-0.15, -0.1) is 0 Å². The summed E-state index contributed by atoms with van der Waals surface area (Å²) in [5.41, 5.74) is 3.12. The van der Waals surface area contributed by atoms with Gasteiger partial charge >= 0.3 is 0 Å². The van der Waals surface area contributed by atoms with E-state index >= 15 is 0 Å². The summed E-state index contributed by atoms with van der Waals surface area (Å²) >= 11 is 0. The third kappa shape index (κ3) is 6.05. The van der Waals surface area contributed by atoms with E-state index < -0.39 is 5.91 Å². The van der Waals surface area contributed by atoms with Gasteiger partial charge in [0, 0.05) is 6.54 Å². The van der Waals surface area contributed by atoms with Crippen LogP contribution in [0.5, 0.6) is 11.5 Å². The van der Waals surface area contributed by atoms with Crippen molar-refractivity contribution in [3.63, 3.8) is 0 Å². The van der Waals surface area contributed by atoms with Crippen LogP contribution in [0.1, 0.15) is 16.7 Å². The number of allylic oxidation sites excluding steroid dienone is 2. The van der Waals surface area contributed by atoms with Crippen LogP contribution in [-0.4, -0.2) is 24.7 Å². The molecular weight excluding hydrogens is 340 g/mol. The number of hydrogen-bond acceptors (Lipinski definition) is 4. The van der Waals surface area contributed by atoms with Crippen molar-refractivity contribution < 1.29 is 14.6 Å². The highest BCUT2D eigenvalue weighted by molar-refractivity contribution is 5.97. The second kappa shape index (κ2) is 9.83. The number of carbonyl (C=O) groups excluding carboxylic acids is 1. The molecule has 5 nitrogen and oxygen atoms in total. The predicted octanol–water partition coefficient (Wildman–Crippen LogP) is 3.53. The summed E-state index contributed by atoms with van der Waals surface area (Å²) < 4.78 is 5.04. The van der Waals surface area contributed by atoms with Crippen molar-refractivity contribution in [1.29, 1.82) is 5.26 Å². The van der Waals surface area contributed by atoms with Gasteiger partial charge in [0.05, 0.1) is 7.11 Å². The summed E-state index contributed by atoms with van der Waals surface area (Å²) in [4.78, 5) is 12.1. The molecule has 0 unspecified atom stereocenters. The highest BCUT2D eigenvalue weighted by atomic mass is 16.5. The number of phenols is 1. The first-order chi connectivity index (χ1) is 13.0. The monoisotopic (exact) mass is 362 g/mol. The van der Waals surface area contributed by atoms with Gasteiger partial charge in [0.2, 0.25) is 0 Å². The van der Waals surface area contributed by atoms with Gasteiger partial charge < -0.3 is 15.2 Å². The maximum Gasteiger partial charge on any atom is 0.261 e. The van der Waals surface area contributed by atoms with Gasteiger partial charge in [0.25, 0.3) is 5.91 Å². The molecule has 2 rings (SSSR count). The van der Waals surface area contributed by atoms with Crippen LogP contribution in [0, 0.1) is 18.3 Å². The highest BCUT2D eigenvalue weighted by Gasteiger charge is 2.07. The molecule has 0 spiro atoms. The first kappa shape index (κ1) is 19.8. The van der Waals surface area contributed by atoms with Crippen LogP contribution in [0.15, 0.2) is 60.2 Å². The zero-order valence-corrected chi connectivity index (χ0v) is 15.4. The Kier molecular flexibility index (Phi) is 7.21. The number of benzene rings is 2. The molecule has 0 atom stereocenters. The Morgan fingerprint density at radius 2 is 2.00 bits per heavy atom. The second-order valence-corrected chi connectivity index (χ2v) is 5.97. The fourth-order valence-electron chi connectivity index (χ4n) is 2.39. The number of nitriles is 1. The van der Waals surface area contributed by atoms with Gasteiger partial charge in [0.1, 0.15) is 11.6 Å². The van der Waals surface area contributed by atoms with E-state index in [2.05, 4.69) is 5.32 Å². The SMILES string of the molecule is COc1cc(/C=C/C=C(\C#N)C(=O)NCCc2ccc(C)cc2)ccc1O. The standard InChI is InChI=1S/C22H22N2O3/c1-16-6-8-17(9-7-16)12-13-24-22(26)19(15-23)5-3-4-18-10-11-20(25)21(14-18)27-2/h3-11,14,25H,12-13H2,1-2H3,(H,24,26)/b4-3+,19-5+. The number of carbonyl (C=O) groups is 1. The van der Waals surface area contributed by atoms with E-state index in [4.69, 9.17) is 4.74 Å². The van der Waals surface area contributed by atoms with Crippen molar-refractivity contribution in [2.45, 2.75) is 13.3 Å². The summed E-state index contributed by atoms with van der Waals surface area (Å²) in [5.74, 6) is 0.00361. The topological polar surface area (TPSA) is 82.3 Å². The lowest BCUT2D eigenvalue weighted by Gasteiger charge is -2.05.